The van der Waals surface area contributed by atoms with Gasteiger partial charge in [-0.05, 0) is 6.92 Å². The molecule has 0 aliphatic carbocycles. The molecule has 3 aromatic rings. The monoisotopic (exact) mass is 263 g/mol. The van der Waals surface area contributed by atoms with E-state index in [-0.39, 0.29) is 16.9 Å². The number of nitrogens with zero attached hydrogens (tertiary/aromatic N) is 5. The number of aryl methyl sites for hydroxylation is 1. The molecule has 0 aliphatic rings. The maximum Gasteiger partial charge on any atom is 0.320 e. The summed E-state index contributed by atoms with van der Waals surface area (Å²) in [4.78, 5) is 20.5. The third-order valence-electron chi connectivity index (χ3n) is 2.81. The topological polar surface area (TPSA) is 123 Å². The molecular weight excluding hydrogens is 256 g/mol. The molecule has 0 atom stereocenters. The van der Waals surface area contributed by atoms with Crippen molar-refractivity contribution in [1.82, 2.24) is 14.9 Å². The molecule has 1 N–H and O–H groups in total. The Hall–Kier alpha value is -3.04. The van der Waals surface area contributed by atoms with Gasteiger partial charge in [-0.15, -0.1) is 4.52 Å². The largest absolute Gasteiger partial charge is 0.320 e. The zero-order valence-electron chi connectivity index (χ0n) is 9.60. The van der Waals surface area contributed by atoms with Gasteiger partial charge in [0.1, 0.15) is 5.69 Å². The highest BCUT2D eigenvalue weighted by atomic mass is 16.6. The standard InChI is InChI=1S/C9H7N6O4/c1-5-4-10-15-11-9-7(12(5)15)2-6(13(16)17)3-8(9)14(18)19/h2-4H,1H3,(H,10,11)/q+1. The van der Waals surface area contributed by atoms with E-state index in [0.29, 0.717) is 11.2 Å². The molecule has 0 saturated carbocycles. The van der Waals surface area contributed by atoms with Crippen molar-refractivity contribution in [2.24, 2.45) is 0 Å². The molecule has 96 valence electrons. The number of nitrogens with one attached hydrogen (secondary N) is 1. The van der Waals surface area contributed by atoms with Gasteiger partial charge < -0.3 is 0 Å². The quantitative estimate of drug-likeness (QED) is 0.410. The number of nitro groups is 2. The first-order valence-corrected chi connectivity index (χ1v) is 5.20. The molecule has 10 heteroatoms. The van der Waals surface area contributed by atoms with Crippen LogP contribution in [0.25, 0.3) is 11.0 Å². The van der Waals surface area contributed by atoms with E-state index in [0.717, 1.165) is 6.07 Å². The predicted molar refractivity (Wildman–Crippen MR) is 60.7 cm³/mol. The van der Waals surface area contributed by atoms with Crippen LogP contribution in [0.4, 0.5) is 11.4 Å². The number of rotatable bonds is 2. The van der Waals surface area contributed by atoms with Crippen LogP contribution in [-0.4, -0.2) is 24.8 Å². The minimum atomic E-state index is -0.666. The van der Waals surface area contributed by atoms with Crippen molar-refractivity contribution < 1.29 is 14.4 Å². The average molecular weight is 263 g/mol. The summed E-state index contributed by atoms with van der Waals surface area (Å²) in [6.07, 6.45) is 1.54. The third-order valence-corrected chi connectivity index (χ3v) is 2.81. The lowest BCUT2D eigenvalue weighted by Crippen LogP contribution is -2.28. The maximum absolute atomic E-state index is 11.0. The normalized spacial score (nSPS) is 11.2. The van der Waals surface area contributed by atoms with Gasteiger partial charge in [0, 0.05) is 5.10 Å². The molecule has 0 bridgehead atoms. The summed E-state index contributed by atoms with van der Waals surface area (Å²) < 4.78 is 2.81. The van der Waals surface area contributed by atoms with Crippen LogP contribution >= 0.6 is 0 Å². The van der Waals surface area contributed by atoms with E-state index in [4.69, 9.17) is 0 Å². The first-order chi connectivity index (χ1) is 8.99. The number of nitro benzene ring substituents is 2. The van der Waals surface area contributed by atoms with Gasteiger partial charge in [0.15, 0.2) is 11.7 Å². The predicted octanol–water partition coefficient (Wildman–Crippen LogP) is 0.526. The van der Waals surface area contributed by atoms with Crippen LogP contribution in [0, 0.1) is 27.2 Å². The van der Waals surface area contributed by atoms with Gasteiger partial charge in [-0.2, -0.15) is 5.10 Å². The minimum absolute atomic E-state index is 0.187. The second kappa shape index (κ2) is 3.48. The Morgan fingerprint density at radius 1 is 1.32 bits per heavy atom. The van der Waals surface area contributed by atoms with Gasteiger partial charge in [0.2, 0.25) is 5.52 Å². The van der Waals surface area contributed by atoms with Gasteiger partial charge in [-0.3, -0.25) is 20.2 Å². The molecule has 0 spiro atoms. The molecule has 2 aromatic heterocycles. The van der Waals surface area contributed by atoms with Crippen molar-refractivity contribution in [3.63, 3.8) is 0 Å². The van der Waals surface area contributed by atoms with Crippen molar-refractivity contribution >= 4 is 22.4 Å². The van der Waals surface area contributed by atoms with E-state index in [1.807, 2.05) is 0 Å². The molecule has 10 nitrogen and oxygen atoms in total. The molecule has 1 aromatic carbocycles. The Bertz CT molecular complexity index is 847. The summed E-state index contributed by atoms with van der Waals surface area (Å²) in [5.74, 6) is 0. The zero-order chi connectivity index (χ0) is 13.7. The lowest BCUT2D eigenvalue weighted by Gasteiger charge is -1.93. The van der Waals surface area contributed by atoms with Crippen LogP contribution in [0.1, 0.15) is 5.69 Å². The van der Waals surface area contributed by atoms with Gasteiger partial charge in [0.25, 0.3) is 5.69 Å². The Balaban J connectivity index is 2.53. The van der Waals surface area contributed by atoms with Crippen molar-refractivity contribution in [1.29, 1.82) is 0 Å². The lowest BCUT2D eigenvalue weighted by molar-refractivity contribution is -0.604. The highest BCUT2D eigenvalue weighted by Gasteiger charge is 2.27. The fourth-order valence-electron chi connectivity index (χ4n) is 1.99. The number of hydrogen-bond donors (Lipinski definition) is 1. The lowest BCUT2D eigenvalue weighted by atomic mass is 10.2. The van der Waals surface area contributed by atoms with Crippen molar-refractivity contribution in [2.75, 3.05) is 0 Å². The molecule has 3 rings (SSSR count). The fraction of sp³-hybridized carbons (Fsp3) is 0.111. The average Bonchev–Trinajstić information content (AvgIpc) is 2.88. The van der Waals surface area contributed by atoms with Gasteiger partial charge in [-0.25, -0.2) is 0 Å². The second-order valence-corrected chi connectivity index (χ2v) is 3.97. The number of benzene rings is 1. The van der Waals surface area contributed by atoms with Crippen molar-refractivity contribution in [2.45, 2.75) is 6.92 Å². The number of non-ortho nitro benzene ring substituents is 2. The molecule has 0 radical (unpaired) electrons. The highest BCUT2D eigenvalue weighted by molar-refractivity contribution is 5.84. The molecule has 0 aliphatic heterocycles. The van der Waals surface area contributed by atoms with E-state index in [1.54, 1.807) is 13.1 Å². The minimum Gasteiger partial charge on any atom is -0.258 e. The van der Waals surface area contributed by atoms with E-state index < -0.39 is 9.85 Å². The summed E-state index contributed by atoms with van der Waals surface area (Å²) in [5.41, 5.74) is 0.513. The van der Waals surface area contributed by atoms with Crippen LogP contribution in [0.2, 0.25) is 0 Å². The number of H-pyrrole nitrogens is 1. The van der Waals surface area contributed by atoms with Crippen LogP contribution < -0.4 is 4.52 Å². The summed E-state index contributed by atoms with van der Waals surface area (Å²) in [7, 11) is 0. The van der Waals surface area contributed by atoms with Gasteiger partial charge >= 0.3 is 5.69 Å². The summed E-state index contributed by atoms with van der Waals surface area (Å²) in [5, 5.41) is 28.5. The van der Waals surface area contributed by atoms with E-state index in [1.165, 1.54) is 15.3 Å². The van der Waals surface area contributed by atoms with Crippen molar-refractivity contribution in [3.05, 3.63) is 44.3 Å². The first-order valence-electron chi connectivity index (χ1n) is 5.20. The van der Waals surface area contributed by atoms with E-state index >= 15 is 0 Å². The summed E-state index contributed by atoms with van der Waals surface area (Å²) in [6.45, 7) is 1.74. The van der Waals surface area contributed by atoms with E-state index in [2.05, 4.69) is 10.2 Å². The first kappa shape index (κ1) is 11.1. The summed E-state index contributed by atoms with van der Waals surface area (Å²) in [6, 6.07) is 2.20. The molecule has 2 heterocycles. The fourth-order valence-corrected chi connectivity index (χ4v) is 1.99. The highest BCUT2D eigenvalue weighted by Crippen LogP contribution is 2.27. The maximum atomic E-state index is 11.0. The second-order valence-electron chi connectivity index (χ2n) is 3.97. The Morgan fingerprint density at radius 2 is 2.05 bits per heavy atom. The Labute approximate surface area is 104 Å². The van der Waals surface area contributed by atoms with Crippen LogP contribution in [0.15, 0.2) is 18.3 Å². The Morgan fingerprint density at radius 3 is 2.68 bits per heavy atom. The molecular formula is C9H7N6O4+. The van der Waals surface area contributed by atoms with Gasteiger partial charge in [0.05, 0.1) is 26.7 Å². The number of fused-ring (bicyclic) bond motifs is 3. The van der Waals surface area contributed by atoms with Gasteiger partial charge in [-0.1, -0.05) is 0 Å². The summed E-state index contributed by atoms with van der Waals surface area (Å²) >= 11 is 0. The molecule has 0 unspecified atom stereocenters. The van der Waals surface area contributed by atoms with Crippen LogP contribution in [-0.2, 0) is 0 Å². The zero-order valence-corrected chi connectivity index (χ0v) is 9.60. The molecule has 19 heavy (non-hydrogen) atoms. The SMILES string of the molecule is Cc1cnn2[nH]c3c([N+](=O)[O-])cc([N+](=O)[O-])cc3[n+]12. The van der Waals surface area contributed by atoms with Crippen LogP contribution in [0.5, 0.6) is 0 Å². The molecule has 0 fully saturated rings. The number of aromatic amines is 1. The smallest absolute Gasteiger partial charge is 0.258 e. The van der Waals surface area contributed by atoms with Crippen molar-refractivity contribution in [3.8, 4) is 0 Å². The third kappa shape index (κ3) is 1.43. The van der Waals surface area contributed by atoms with E-state index in [9.17, 15) is 20.2 Å². The van der Waals surface area contributed by atoms with Crippen LogP contribution in [0.3, 0.4) is 0 Å². The number of aromatic nitrogens is 4. The number of hydrogen-bond acceptors (Lipinski definition) is 5. The Kier molecular flexibility index (Phi) is 2.03. The molecule has 0 saturated heterocycles. The molecule has 0 amide bonds.